The van der Waals surface area contributed by atoms with E-state index in [1.807, 2.05) is 4.68 Å². The van der Waals surface area contributed by atoms with Crippen LogP contribution in [0.1, 0.15) is 32.0 Å². The molecule has 1 aromatic rings. The fraction of sp³-hybridized carbons (Fsp3) is 0.917. The van der Waals surface area contributed by atoms with Crippen LogP contribution >= 0.6 is 0 Å². The van der Waals surface area contributed by atoms with E-state index in [-0.39, 0.29) is 5.79 Å². The third-order valence-corrected chi connectivity index (χ3v) is 3.84. The molecule has 19 heavy (non-hydrogen) atoms. The van der Waals surface area contributed by atoms with Gasteiger partial charge in [-0.3, -0.25) is 4.90 Å². The molecule has 106 valence electrons. The first kappa shape index (κ1) is 13.0. The topological polar surface area (TPSA) is 65.3 Å². The molecule has 3 rings (SSSR count). The second-order valence-electron chi connectivity index (χ2n) is 5.20. The number of hydrogen-bond donors (Lipinski definition) is 0. The predicted octanol–water partition coefficient (Wildman–Crippen LogP) is 0.422. The number of piperidine rings is 1. The molecular weight excluding hydrogens is 246 g/mol. The molecule has 0 atom stereocenters. The maximum absolute atomic E-state index is 5.73. The Morgan fingerprint density at radius 1 is 1.21 bits per heavy atom. The van der Waals surface area contributed by atoms with Crippen molar-refractivity contribution in [1.82, 2.24) is 25.1 Å². The maximum atomic E-state index is 5.73. The highest BCUT2D eigenvalue weighted by atomic mass is 16.7. The highest BCUT2D eigenvalue weighted by Crippen LogP contribution is 2.31. The Morgan fingerprint density at radius 3 is 2.63 bits per heavy atom. The van der Waals surface area contributed by atoms with Crippen molar-refractivity contribution in [3.63, 3.8) is 0 Å². The van der Waals surface area contributed by atoms with E-state index in [9.17, 15) is 0 Å². The lowest BCUT2D eigenvalue weighted by atomic mass is 10.0. The second-order valence-corrected chi connectivity index (χ2v) is 5.20. The number of aryl methyl sites for hydroxylation is 1. The van der Waals surface area contributed by atoms with Gasteiger partial charge in [-0.15, -0.1) is 5.10 Å². The number of nitrogens with zero attached hydrogens (tertiary/aromatic N) is 5. The van der Waals surface area contributed by atoms with Gasteiger partial charge >= 0.3 is 0 Å². The van der Waals surface area contributed by atoms with E-state index in [4.69, 9.17) is 9.47 Å². The number of hydrogen-bond acceptors (Lipinski definition) is 6. The molecule has 0 aromatic carbocycles. The van der Waals surface area contributed by atoms with E-state index in [1.165, 1.54) is 0 Å². The van der Waals surface area contributed by atoms with E-state index in [2.05, 4.69) is 27.3 Å². The fourth-order valence-corrected chi connectivity index (χ4v) is 2.76. The van der Waals surface area contributed by atoms with Gasteiger partial charge in [0.2, 0.25) is 0 Å². The van der Waals surface area contributed by atoms with E-state index in [0.29, 0.717) is 0 Å². The molecule has 0 radical (unpaired) electrons. The van der Waals surface area contributed by atoms with Crippen molar-refractivity contribution in [3.8, 4) is 0 Å². The van der Waals surface area contributed by atoms with Crippen LogP contribution in [0, 0.1) is 0 Å². The molecule has 3 heterocycles. The van der Waals surface area contributed by atoms with Crippen molar-refractivity contribution < 1.29 is 9.47 Å². The summed E-state index contributed by atoms with van der Waals surface area (Å²) in [4.78, 5) is 2.37. The molecular formula is C12H21N5O2. The average molecular weight is 267 g/mol. The first-order valence-electron chi connectivity index (χ1n) is 7.07. The molecule has 2 fully saturated rings. The zero-order chi connectivity index (χ0) is 13.1. The molecule has 7 nitrogen and oxygen atoms in total. The van der Waals surface area contributed by atoms with E-state index >= 15 is 0 Å². The van der Waals surface area contributed by atoms with Gasteiger partial charge in [-0.1, -0.05) is 6.92 Å². The highest BCUT2D eigenvalue weighted by Gasteiger charge is 2.39. The zero-order valence-corrected chi connectivity index (χ0v) is 11.4. The van der Waals surface area contributed by atoms with Gasteiger partial charge in [0.05, 0.1) is 19.8 Å². The monoisotopic (exact) mass is 267 g/mol. The Bertz CT molecular complexity index is 406. The second kappa shape index (κ2) is 5.52. The van der Waals surface area contributed by atoms with Gasteiger partial charge in [-0.05, 0) is 16.8 Å². The summed E-state index contributed by atoms with van der Waals surface area (Å²) in [7, 11) is 0. The van der Waals surface area contributed by atoms with Crippen LogP contribution in [-0.2, 0) is 22.6 Å². The van der Waals surface area contributed by atoms with Gasteiger partial charge in [-0.25, -0.2) is 4.68 Å². The van der Waals surface area contributed by atoms with Crippen LogP contribution in [0.3, 0.4) is 0 Å². The SMILES string of the molecule is CCCn1nnnc1CN1CCC2(CC1)OCCO2. The number of rotatable bonds is 4. The zero-order valence-electron chi connectivity index (χ0n) is 11.4. The smallest absolute Gasteiger partial charge is 0.170 e. The van der Waals surface area contributed by atoms with Crippen LogP contribution in [0.4, 0.5) is 0 Å². The Balaban J connectivity index is 1.55. The molecule has 0 amide bonds. The third-order valence-electron chi connectivity index (χ3n) is 3.84. The number of likely N-dealkylation sites (tertiary alicyclic amines) is 1. The highest BCUT2D eigenvalue weighted by molar-refractivity contribution is 4.87. The van der Waals surface area contributed by atoms with Crippen molar-refractivity contribution >= 4 is 0 Å². The summed E-state index contributed by atoms with van der Waals surface area (Å²) in [6.45, 7) is 7.22. The molecule has 2 aliphatic heterocycles. The minimum Gasteiger partial charge on any atom is -0.347 e. The quantitative estimate of drug-likeness (QED) is 0.788. The van der Waals surface area contributed by atoms with Crippen molar-refractivity contribution in [1.29, 1.82) is 0 Å². The Kier molecular flexibility index (Phi) is 3.76. The molecule has 0 unspecified atom stereocenters. The Morgan fingerprint density at radius 2 is 1.95 bits per heavy atom. The van der Waals surface area contributed by atoms with Gasteiger partial charge in [0.15, 0.2) is 11.6 Å². The van der Waals surface area contributed by atoms with Crippen LogP contribution < -0.4 is 0 Å². The normalized spacial score (nSPS) is 23.2. The van der Waals surface area contributed by atoms with Gasteiger partial charge in [0, 0.05) is 32.5 Å². The van der Waals surface area contributed by atoms with E-state index in [0.717, 1.165) is 64.5 Å². The standard InChI is InChI=1S/C12H21N5O2/c1-2-5-17-11(13-14-15-17)10-16-6-3-12(4-7-16)18-8-9-19-12/h2-10H2,1H3. The first-order chi connectivity index (χ1) is 9.31. The molecule has 2 aliphatic rings. The van der Waals surface area contributed by atoms with Crippen LogP contribution in [0.5, 0.6) is 0 Å². The van der Waals surface area contributed by atoms with Crippen molar-refractivity contribution in [2.75, 3.05) is 26.3 Å². The summed E-state index contributed by atoms with van der Waals surface area (Å²) in [6, 6.07) is 0. The Hall–Kier alpha value is -1.05. The maximum Gasteiger partial charge on any atom is 0.170 e. The van der Waals surface area contributed by atoms with Crippen LogP contribution in [0.25, 0.3) is 0 Å². The lowest BCUT2D eigenvalue weighted by Crippen LogP contribution is -2.45. The summed E-state index contributed by atoms with van der Waals surface area (Å²) in [5.41, 5.74) is 0. The molecule has 1 aromatic heterocycles. The summed E-state index contributed by atoms with van der Waals surface area (Å²) < 4.78 is 13.4. The molecule has 0 N–H and O–H groups in total. The minimum atomic E-state index is -0.300. The lowest BCUT2D eigenvalue weighted by Gasteiger charge is -2.37. The molecule has 0 bridgehead atoms. The largest absolute Gasteiger partial charge is 0.347 e. The molecule has 2 saturated heterocycles. The van der Waals surface area contributed by atoms with Gasteiger partial charge in [0.25, 0.3) is 0 Å². The summed E-state index contributed by atoms with van der Waals surface area (Å²) in [5, 5.41) is 11.9. The van der Waals surface area contributed by atoms with E-state index in [1.54, 1.807) is 0 Å². The summed E-state index contributed by atoms with van der Waals surface area (Å²) >= 11 is 0. The summed E-state index contributed by atoms with van der Waals surface area (Å²) in [5.74, 6) is 0.650. The molecule has 1 spiro atoms. The number of aromatic nitrogens is 4. The Labute approximate surface area is 112 Å². The molecule has 0 aliphatic carbocycles. The van der Waals surface area contributed by atoms with Crippen LogP contribution in [0.2, 0.25) is 0 Å². The van der Waals surface area contributed by atoms with Crippen LogP contribution in [-0.4, -0.2) is 57.2 Å². The first-order valence-corrected chi connectivity index (χ1v) is 7.07. The summed E-state index contributed by atoms with van der Waals surface area (Å²) in [6.07, 6.45) is 2.91. The fourth-order valence-electron chi connectivity index (χ4n) is 2.76. The van der Waals surface area contributed by atoms with E-state index < -0.39 is 0 Å². The van der Waals surface area contributed by atoms with Crippen molar-refractivity contribution in [2.24, 2.45) is 0 Å². The lowest BCUT2D eigenvalue weighted by molar-refractivity contribution is -0.186. The van der Waals surface area contributed by atoms with Crippen LogP contribution in [0.15, 0.2) is 0 Å². The predicted molar refractivity (Wildman–Crippen MR) is 67.3 cm³/mol. The van der Waals surface area contributed by atoms with Gasteiger partial charge in [0.1, 0.15) is 0 Å². The van der Waals surface area contributed by atoms with Gasteiger partial charge in [-0.2, -0.15) is 0 Å². The molecule has 0 saturated carbocycles. The van der Waals surface area contributed by atoms with Crippen molar-refractivity contribution in [2.45, 2.75) is 45.1 Å². The van der Waals surface area contributed by atoms with Crippen molar-refractivity contribution in [3.05, 3.63) is 5.82 Å². The third kappa shape index (κ3) is 2.77. The molecule has 7 heteroatoms. The van der Waals surface area contributed by atoms with Gasteiger partial charge < -0.3 is 9.47 Å². The average Bonchev–Trinajstić information content (AvgIpc) is 3.04. The number of ether oxygens (including phenoxy) is 2. The minimum absolute atomic E-state index is 0.300. The number of tetrazole rings is 1.